The summed E-state index contributed by atoms with van der Waals surface area (Å²) in [5.74, 6) is 1.33. The van der Waals surface area contributed by atoms with Gasteiger partial charge in [-0.15, -0.1) is 0 Å². The third kappa shape index (κ3) is 3.88. The molecule has 1 aliphatic carbocycles. The summed E-state index contributed by atoms with van der Waals surface area (Å²) >= 11 is 3.55. The van der Waals surface area contributed by atoms with Crippen LogP contribution in [-0.4, -0.2) is 44.1 Å². The van der Waals surface area contributed by atoms with Crippen molar-refractivity contribution in [2.24, 2.45) is 5.10 Å². The Hall–Kier alpha value is -2.28. The Labute approximate surface area is 168 Å². The van der Waals surface area contributed by atoms with Crippen molar-refractivity contribution in [3.63, 3.8) is 0 Å². The first-order valence-corrected chi connectivity index (χ1v) is 9.66. The van der Waals surface area contributed by atoms with Gasteiger partial charge in [-0.1, -0.05) is 28.1 Å². The van der Waals surface area contributed by atoms with E-state index >= 15 is 0 Å². The van der Waals surface area contributed by atoms with E-state index in [1.54, 1.807) is 21.3 Å². The van der Waals surface area contributed by atoms with Gasteiger partial charge in [0.05, 0.1) is 26.0 Å². The van der Waals surface area contributed by atoms with Gasteiger partial charge in [-0.2, -0.15) is 5.10 Å². The molecule has 1 aromatic rings. The maximum atomic E-state index is 12.4. The zero-order valence-electron chi connectivity index (χ0n) is 16.0. The van der Waals surface area contributed by atoms with Crippen LogP contribution in [0.1, 0.15) is 30.9 Å². The second-order valence-electron chi connectivity index (χ2n) is 6.55. The zero-order chi connectivity index (χ0) is 19.6. The second kappa shape index (κ2) is 8.17. The van der Waals surface area contributed by atoms with Crippen LogP contribution >= 0.6 is 15.9 Å². The number of halogens is 1. The zero-order valence-corrected chi connectivity index (χ0v) is 17.6. The lowest BCUT2D eigenvalue weighted by atomic mass is 9.91. The third-order valence-corrected chi connectivity index (χ3v) is 5.47. The molecule has 1 atom stereocenters. The van der Waals surface area contributed by atoms with Gasteiger partial charge in [-0.25, -0.2) is 9.80 Å². The molecule has 1 heterocycles. The van der Waals surface area contributed by atoms with Crippen LogP contribution < -0.4 is 14.8 Å². The number of nitrogens with one attached hydrogen (secondary N) is 1. The number of carbonyl (C=O) groups excluding carboxylic acids is 1. The van der Waals surface area contributed by atoms with E-state index in [1.165, 1.54) is 5.01 Å². The van der Waals surface area contributed by atoms with Crippen molar-refractivity contribution in [1.29, 1.82) is 0 Å². The Balaban J connectivity index is 2.17. The number of hydrogen-bond acceptors (Lipinski definition) is 4. The molecular weight excluding hydrogens is 410 g/mol. The summed E-state index contributed by atoms with van der Waals surface area (Å²) in [7, 11) is 4.87. The summed E-state index contributed by atoms with van der Waals surface area (Å²) in [5, 5.41) is 8.99. The number of hydrazone groups is 1. The minimum atomic E-state index is -0.222. The molecule has 0 fully saturated rings. The minimum Gasteiger partial charge on any atom is -0.493 e. The van der Waals surface area contributed by atoms with Gasteiger partial charge in [0.15, 0.2) is 11.5 Å². The molecule has 0 aromatic heterocycles. The van der Waals surface area contributed by atoms with Gasteiger partial charge in [-0.3, -0.25) is 0 Å². The topological polar surface area (TPSA) is 63.2 Å². The summed E-state index contributed by atoms with van der Waals surface area (Å²) in [6.07, 6.45) is 6.52. The van der Waals surface area contributed by atoms with Crippen molar-refractivity contribution >= 4 is 27.7 Å². The van der Waals surface area contributed by atoms with Crippen LogP contribution in [0.5, 0.6) is 11.5 Å². The Kier molecular flexibility index (Phi) is 5.89. The Morgan fingerprint density at radius 1 is 1.22 bits per heavy atom. The predicted molar refractivity (Wildman–Crippen MR) is 110 cm³/mol. The van der Waals surface area contributed by atoms with Crippen LogP contribution in [0.3, 0.4) is 0 Å². The molecule has 1 unspecified atom stereocenters. The lowest BCUT2D eigenvalue weighted by molar-refractivity contribution is 0.184. The van der Waals surface area contributed by atoms with E-state index < -0.39 is 0 Å². The second-order valence-corrected chi connectivity index (χ2v) is 7.57. The van der Waals surface area contributed by atoms with Crippen molar-refractivity contribution in [2.45, 2.75) is 32.2 Å². The SMILES string of the molecule is CNC(=O)N1N=C(C2=CCC(Br)=CC2)c2cc(OC)c(OC)cc2CC1C. The van der Waals surface area contributed by atoms with E-state index in [4.69, 9.17) is 14.6 Å². The van der Waals surface area contributed by atoms with Gasteiger partial charge in [0.2, 0.25) is 0 Å². The van der Waals surface area contributed by atoms with Crippen LogP contribution in [-0.2, 0) is 6.42 Å². The van der Waals surface area contributed by atoms with Crippen LogP contribution in [0.15, 0.2) is 39.4 Å². The molecule has 1 aliphatic heterocycles. The minimum absolute atomic E-state index is 0.0919. The lowest BCUT2D eigenvalue weighted by Crippen LogP contribution is -2.41. The first-order valence-electron chi connectivity index (χ1n) is 8.87. The summed E-state index contributed by atoms with van der Waals surface area (Å²) < 4.78 is 12.1. The fourth-order valence-electron chi connectivity index (χ4n) is 3.37. The molecular formula is C20H24BrN3O3. The van der Waals surface area contributed by atoms with Crippen molar-refractivity contribution < 1.29 is 14.3 Å². The molecule has 1 aromatic carbocycles. The quantitative estimate of drug-likeness (QED) is 0.783. The first-order chi connectivity index (χ1) is 13.0. The monoisotopic (exact) mass is 433 g/mol. The highest BCUT2D eigenvalue weighted by atomic mass is 79.9. The normalized spacial score (nSPS) is 19.2. The molecule has 3 rings (SSSR count). The van der Waals surface area contributed by atoms with E-state index in [2.05, 4.69) is 33.4 Å². The molecule has 0 bridgehead atoms. The predicted octanol–water partition coefficient (Wildman–Crippen LogP) is 3.99. The van der Waals surface area contributed by atoms with Gasteiger partial charge in [0.25, 0.3) is 0 Å². The Bertz CT molecular complexity index is 845. The Morgan fingerprint density at radius 2 is 1.93 bits per heavy atom. The van der Waals surface area contributed by atoms with Crippen molar-refractivity contribution in [3.8, 4) is 11.5 Å². The molecule has 0 saturated heterocycles. The number of allylic oxidation sites excluding steroid dienone is 4. The summed E-state index contributed by atoms with van der Waals surface area (Å²) in [5.41, 5.74) is 3.95. The van der Waals surface area contributed by atoms with Gasteiger partial charge in [0, 0.05) is 12.6 Å². The van der Waals surface area contributed by atoms with Crippen LogP contribution in [0.25, 0.3) is 0 Å². The molecule has 1 N–H and O–H groups in total. The van der Waals surface area contributed by atoms with Gasteiger partial charge in [0.1, 0.15) is 0 Å². The van der Waals surface area contributed by atoms with E-state index in [-0.39, 0.29) is 12.1 Å². The van der Waals surface area contributed by atoms with Gasteiger partial charge in [-0.05, 0) is 53.9 Å². The number of methoxy groups -OCH3 is 2. The van der Waals surface area contributed by atoms with E-state index in [1.807, 2.05) is 19.1 Å². The van der Waals surface area contributed by atoms with E-state index in [0.717, 1.165) is 39.7 Å². The number of benzene rings is 1. The molecule has 2 aliphatic rings. The lowest BCUT2D eigenvalue weighted by Gasteiger charge is -2.23. The standard InChI is InChI=1S/C20H24BrN3O3/c1-12-9-14-10-17(26-3)18(27-4)11-16(14)19(23-24(12)20(25)22-2)13-5-7-15(21)8-6-13/h5,8,10-12H,6-7,9H2,1-4H3,(H,22,25). The van der Waals surface area contributed by atoms with Crippen LogP contribution in [0.4, 0.5) is 4.79 Å². The number of amides is 2. The maximum absolute atomic E-state index is 12.4. The highest BCUT2D eigenvalue weighted by molar-refractivity contribution is 9.11. The molecule has 27 heavy (non-hydrogen) atoms. The summed E-state index contributed by atoms with van der Waals surface area (Å²) in [6, 6.07) is 3.63. The largest absolute Gasteiger partial charge is 0.493 e. The highest BCUT2D eigenvalue weighted by Gasteiger charge is 2.29. The fraction of sp³-hybridized carbons (Fsp3) is 0.400. The molecule has 144 valence electrons. The number of urea groups is 1. The molecule has 7 heteroatoms. The molecule has 0 spiro atoms. The molecule has 2 amide bonds. The van der Waals surface area contributed by atoms with Gasteiger partial charge >= 0.3 is 6.03 Å². The summed E-state index contributed by atoms with van der Waals surface area (Å²) in [4.78, 5) is 12.4. The highest BCUT2D eigenvalue weighted by Crippen LogP contribution is 2.36. The van der Waals surface area contributed by atoms with Crippen LogP contribution in [0.2, 0.25) is 0 Å². The first kappa shape index (κ1) is 19.5. The molecule has 6 nitrogen and oxygen atoms in total. The average Bonchev–Trinajstić information content (AvgIpc) is 2.82. The number of rotatable bonds is 3. The molecule has 0 radical (unpaired) electrons. The van der Waals surface area contributed by atoms with Crippen molar-refractivity contribution in [2.75, 3.05) is 21.3 Å². The van der Waals surface area contributed by atoms with E-state index in [0.29, 0.717) is 17.9 Å². The number of fused-ring (bicyclic) bond motifs is 1. The number of carbonyl (C=O) groups is 1. The number of nitrogens with zero attached hydrogens (tertiary/aromatic N) is 2. The number of ether oxygens (including phenoxy) is 2. The van der Waals surface area contributed by atoms with Crippen molar-refractivity contribution in [3.05, 3.63) is 45.5 Å². The van der Waals surface area contributed by atoms with Crippen LogP contribution in [0, 0.1) is 0 Å². The van der Waals surface area contributed by atoms with Crippen molar-refractivity contribution in [1.82, 2.24) is 10.3 Å². The average molecular weight is 434 g/mol. The smallest absolute Gasteiger partial charge is 0.337 e. The fourth-order valence-corrected chi connectivity index (χ4v) is 3.70. The molecule has 0 saturated carbocycles. The summed E-state index contributed by atoms with van der Waals surface area (Å²) in [6.45, 7) is 1.99. The Morgan fingerprint density at radius 3 is 2.52 bits per heavy atom. The van der Waals surface area contributed by atoms with Gasteiger partial charge < -0.3 is 14.8 Å². The van der Waals surface area contributed by atoms with E-state index in [9.17, 15) is 4.79 Å². The third-order valence-electron chi connectivity index (χ3n) is 4.82. The number of hydrogen-bond donors (Lipinski definition) is 1. The maximum Gasteiger partial charge on any atom is 0.337 e.